The summed E-state index contributed by atoms with van der Waals surface area (Å²) in [5.74, 6) is -0.603. The summed E-state index contributed by atoms with van der Waals surface area (Å²) < 4.78 is 7.10. The van der Waals surface area contributed by atoms with Crippen LogP contribution in [0.1, 0.15) is 41.7 Å². The number of nitrogens with one attached hydrogen (secondary N) is 1. The molecule has 6 nitrogen and oxygen atoms in total. The highest BCUT2D eigenvalue weighted by molar-refractivity contribution is 7.17. The first kappa shape index (κ1) is 19.1. The van der Waals surface area contributed by atoms with E-state index in [0.717, 1.165) is 28.7 Å². The van der Waals surface area contributed by atoms with Crippen LogP contribution in [-0.2, 0) is 22.5 Å². The lowest BCUT2D eigenvalue weighted by Crippen LogP contribution is -2.18. The second kappa shape index (κ2) is 7.92. The number of rotatable bonds is 6. The number of benzene rings is 1. The zero-order valence-corrected chi connectivity index (χ0v) is 16.7. The second-order valence-corrected chi connectivity index (χ2v) is 7.63. The van der Waals surface area contributed by atoms with E-state index in [1.54, 1.807) is 20.8 Å². The fourth-order valence-electron chi connectivity index (χ4n) is 2.83. The third-order valence-corrected chi connectivity index (χ3v) is 5.18. The molecule has 0 bridgehead atoms. The first-order valence-corrected chi connectivity index (χ1v) is 9.75. The maximum atomic E-state index is 12.4. The van der Waals surface area contributed by atoms with Crippen LogP contribution >= 0.6 is 11.3 Å². The van der Waals surface area contributed by atoms with Crippen LogP contribution in [0.4, 0.5) is 5.13 Å². The number of hydrogen-bond acceptors (Lipinski definition) is 5. The number of fused-ring (bicyclic) bond motifs is 1. The van der Waals surface area contributed by atoms with Gasteiger partial charge in [0.05, 0.1) is 11.8 Å². The molecule has 0 unspecified atom stereocenters. The number of aromatic nitrogens is 2. The zero-order valence-electron chi connectivity index (χ0n) is 15.9. The molecule has 1 amide bonds. The summed E-state index contributed by atoms with van der Waals surface area (Å²) in [7, 11) is 0. The lowest BCUT2D eigenvalue weighted by molar-refractivity contribution is -0.116. The lowest BCUT2D eigenvalue weighted by atomic mass is 10.1. The molecule has 1 N–H and O–H groups in total. The highest BCUT2D eigenvalue weighted by Gasteiger charge is 2.19. The number of carbonyl (C=O) groups is 2. The van der Waals surface area contributed by atoms with Crippen LogP contribution in [-0.4, -0.2) is 27.5 Å². The molecule has 3 aromatic rings. The van der Waals surface area contributed by atoms with Crippen molar-refractivity contribution in [3.8, 4) is 0 Å². The normalized spacial score (nSPS) is 11.1. The van der Waals surface area contributed by atoms with E-state index in [1.807, 2.05) is 22.9 Å². The minimum absolute atomic E-state index is 0.180. The summed E-state index contributed by atoms with van der Waals surface area (Å²) in [6, 6.07) is 8.26. The molecule has 0 aliphatic carbocycles. The van der Waals surface area contributed by atoms with Crippen molar-refractivity contribution in [1.29, 1.82) is 0 Å². The Kier molecular flexibility index (Phi) is 5.60. The van der Waals surface area contributed by atoms with Crippen molar-refractivity contribution in [1.82, 2.24) is 9.55 Å². The fraction of sp³-hybridized carbons (Fsp3) is 0.350. The van der Waals surface area contributed by atoms with Gasteiger partial charge in [-0.25, -0.2) is 9.78 Å². The van der Waals surface area contributed by atoms with Crippen molar-refractivity contribution in [3.05, 3.63) is 46.6 Å². The van der Waals surface area contributed by atoms with Crippen LogP contribution in [0, 0.1) is 6.92 Å². The molecule has 27 heavy (non-hydrogen) atoms. The van der Waals surface area contributed by atoms with Crippen molar-refractivity contribution in [3.63, 3.8) is 0 Å². The van der Waals surface area contributed by atoms with E-state index in [4.69, 9.17) is 4.74 Å². The Bertz CT molecular complexity index is 988. The van der Waals surface area contributed by atoms with E-state index in [1.165, 1.54) is 5.56 Å². The Morgan fingerprint density at radius 1 is 1.30 bits per heavy atom. The SMILES string of the molecule is CCc1ccc2c(ccn2CC(=O)Nc2nc(C)c(C(=O)OC(C)C)s2)c1. The van der Waals surface area contributed by atoms with Gasteiger partial charge < -0.3 is 14.6 Å². The molecule has 0 saturated heterocycles. The number of anilines is 1. The van der Waals surface area contributed by atoms with Gasteiger partial charge in [-0.3, -0.25) is 4.79 Å². The third kappa shape index (κ3) is 4.36. The van der Waals surface area contributed by atoms with Crippen molar-refractivity contribution in [2.75, 3.05) is 5.32 Å². The Balaban J connectivity index is 1.70. The van der Waals surface area contributed by atoms with Gasteiger partial charge in [0.2, 0.25) is 5.91 Å². The highest BCUT2D eigenvalue weighted by atomic mass is 32.1. The quantitative estimate of drug-likeness (QED) is 0.646. The van der Waals surface area contributed by atoms with E-state index in [-0.39, 0.29) is 18.6 Å². The molecule has 3 rings (SSSR count). The monoisotopic (exact) mass is 385 g/mol. The van der Waals surface area contributed by atoms with Gasteiger partial charge >= 0.3 is 5.97 Å². The van der Waals surface area contributed by atoms with E-state index >= 15 is 0 Å². The molecule has 142 valence electrons. The number of thiazole rings is 1. The molecule has 2 heterocycles. The van der Waals surface area contributed by atoms with Gasteiger partial charge in [-0.1, -0.05) is 24.3 Å². The zero-order chi connectivity index (χ0) is 19.6. The third-order valence-electron chi connectivity index (χ3n) is 4.13. The summed E-state index contributed by atoms with van der Waals surface area (Å²) in [6.45, 7) is 7.61. The van der Waals surface area contributed by atoms with Gasteiger partial charge in [-0.15, -0.1) is 0 Å². The molecule has 0 aliphatic rings. The van der Waals surface area contributed by atoms with E-state index in [0.29, 0.717) is 15.7 Å². The number of hydrogen-bond donors (Lipinski definition) is 1. The maximum absolute atomic E-state index is 12.4. The van der Waals surface area contributed by atoms with Crippen LogP contribution in [0.5, 0.6) is 0 Å². The fourth-order valence-corrected chi connectivity index (χ4v) is 3.69. The number of ether oxygens (including phenoxy) is 1. The van der Waals surface area contributed by atoms with Crippen LogP contribution < -0.4 is 5.32 Å². The molecule has 0 spiro atoms. The predicted molar refractivity (Wildman–Crippen MR) is 107 cm³/mol. The Hall–Kier alpha value is -2.67. The van der Waals surface area contributed by atoms with Gasteiger partial charge in [0.15, 0.2) is 5.13 Å². The molecule has 0 atom stereocenters. The Labute approximate surface area is 162 Å². The average Bonchev–Trinajstić information content (AvgIpc) is 3.17. The molecule has 7 heteroatoms. The standard InChI is InChI=1S/C20H23N3O3S/c1-5-14-6-7-16-15(10-14)8-9-23(16)11-17(24)22-20-21-13(4)18(27-20)19(25)26-12(2)3/h6-10,12H,5,11H2,1-4H3,(H,21,22,24). The van der Waals surface area contributed by atoms with Gasteiger partial charge in [0, 0.05) is 11.7 Å². The lowest BCUT2D eigenvalue weighted by Gasteiger charge is -2.06. The van der Waals surface area contributed by atoms with E-state index in [9.17, 15) is 9.59 Å². The number of nitrogens with zero attached hydrogens (tertiary/aromatic N) is 2. The van der Waals surface area contributed by atoms with Gasteiger partial charge in [-0.2, -0.15) is 0 Å². The van der Waals surface area contributed by atoms with Crippen LogP contribution in [0.3, 0.4) is 0 Å². The molecular formula is C20H23N3O3S. The van der Waals surface area contributed by atoms with Crippen molar-refractivity contribution >= 4 is 39.2 Å². The summed E-state index contributed by atoms with van der Waals surface area (Å²) in [5.41, 5.74) is 2.84. The largest absolute Gasteiger partial charge is 0.459 e. The summed E-state index contributed by atoms with van der Waals surface area (Å²) in [6.07, 6.45) is 2.68. The summed E-state index contributed by atoms with van der Waals surface area (Å²) >= 11 is 1.13. The Morgan fingerprint density at radius 2 is 2.07 bits per heavy atom. The van der Waals surface area contributed by atoms with Crippen molar-refractivity contribution < 1.29 is 14.3 Å². The van der Waals surface area contributed by atoms with Gasteiger partial charge in [0.1, 0.15) is 11.4 Å². The second-order valence-electron chi connectivity index (χ2n) is 6.63. The summed E-state index contributed by atoms with van der Waals surface area (Å²) in [4.78, 5) is 29.2. The number of amides is 1. The summed E-state index contributed by atoms with van der Waals surface area (Å²) in [5, 5.41) is 4.29. The number of esters is 1. The van der Waals surface area contributed by atoms with Crippen LogP contribution in [0.2, 0.25) is 0 Å². The van der Waals surface area contributed by atoms with E-state index < -0.39 is 5.97 Å². The van der Waals surface area contributed by atoms with Gasteiger partial charge in [0.25, 0.3) is 0 Å². The maximum Gasteiger partial charge on any atom is 0.350 e. The molecule has 0 fully saturated rings. The molecular weight excluding hydrogens is 362 g/mol. The first-order valence-electron chi connectivity index (χ1n) is 8.93. The average molecular weight is 385 g/mol. The molecule has 2 aromatic heterocycles. The van der Waals surface area contributed by atoms with Crippen LogP contribution in [0.15, 0.2) is 30.5 Å². The van der Waals surface area contributed by atoms with Crippen LogP contribution in [0.25, 0.3) is 10.9 Å². The van der Waals surface area contributed by atoms with Crippen molar-refractivity contribution in [2.45, 2.75) is 46.8 Å². The minimum atomic E-state index is -0.413. The van der Waals surface area contributed by atoms with Gasteiger partial charge in [-0.05, 0) is 56.3 Å². The Morgan fingerprint density at radius 3 is 2.78 bits per heavy atom. The minimum Gasteiger partial charge on any atom is -0.459 e. The smallest absolute Gasteiger partial charge is 0.350 e. The predicted octanol–water partition coefficient (Wildman–Crippen LogP) is 4.17. The molecule has 0 aliphatic heterocycles. The molecule has 1 aromatic carbocycles. The first-order chi connectivity index (χ1) is 12.9. The molecule has 0 radical (unpaired) electrons. The number of carbonyl (C=O) groups excluding carboxylic acids is 2. The van der Waals surface area contributed by atoms with Crippen molar-refractivity contribution in [2.24, 2.45) is 0 Å². The number of aryl methyl sites for hydroxylation is 2. The van der Waals surface area contributed by atoms with E-state index in [2.05, 4.69) is 29.4 Å². The highest BCUT2D eigenvalue weighted by Crippen LogP contribution is 2.24. The molecule has 0 saturated carbocycles. The topological polar surface area (TPSA) is 73.2 Å².